The molecular weight excluding hydrogens is 600 g/mol. The molecule has 0 spiro atoms. The van der Waals surface area contributed by atoms with Crippen LogP contribution in [0, 0.1) is 6.92 Å². The molecule has 8 rings (SSSR count). The van der Waals surface area contributed by atoms with Crippen LogP contribution in [-0.4, -0.2) is 73.5 Å². The lowest BCUT2D eigenvalue weighted by atomic mass is 10.1. The Hall–Kier alpha value is -5.68. The Morgan fingerprint density at radius 1 is 0.792 bits per heavy atom. The van der Waals surface area contributed by atoms with Gasteiger partial charge in [0.2, 0.25) is 0 Å². The van der Waals surface area contributed by atoms with E-state index in [9.17, 15) is 4.79 Å². The van der Waals surface area contributed by atoms with Crippen molar-refractivity contribution in [2.75, 3.05) is 43.9 Å². The number of pyridine rings is 2. The minimum atomic E-state index is -0.536. The van der Waals surface area contributed by atoms with Crippen LogP contribution in [0.3, 0.4) is 0 Å². The first-order valence-electron chi connectivity index (χ1n) is 16.2. The molecule has 0 saturated carbocycles. The van der Waals surface area contributed by atoms with E-state index in [1.807, 2.05) is 12.1 Å². The molecule has 48 heavy (non-hydrogen) atoms. The van der Waals surface area contributed by atoms with Crippen molar-refractivity contribution in [3.05, 3.63) is 108 Å². The number of amides is 1. The summed E-state index contributed by atoms with van der Waals surface area (Å²) in [5.41, 5.74) is 21.8. The Bertz CT molecular complexity index is 2120. The van der Waals surface area contributed by atoms with Gasteiger partial charge >= 0.3 is 0 Å². The van der Waals surface area contributed by atoms with Gasteiger partial charge in [0.15, 0.2) is 11.5 Å². The molecule has 5 heterocycles. The number of primary amides is 1. The van der Waals surface area contributed by atoms with Gasteiger partial charge in [-0.1, -0.05) is 18.2 Å². The number of hydrogen-bond donors (Lipinski definition) is 2. The van der Waals surface area contributed by atoms with Gasteiger partial charge in [-0.25, -0.2) is 19.9 Å². The van der Waals surface area contributed by atoms with Crippen molar-refractivity contribution in [3.63, 3.8) is 0 Å². The van der Waals surface area contributed by atoms with Crippen LogP contribution < -0.4 is 16.4 Å². The second kappa shape index (κ2) is 13.2. The molecule has 242 valence electrons. The third kappa shape index (κ3) is 6.19. The molecule has 0 atom stereocenters. The minimum absolute atomic E-state index is 0.238. The second-order valence-corrected chi connectivity index (χ2v) is 12.2. The summed E-state index contributed by atoms with van der Waals surface area (Å²) < 4.78 is 2.15. The Labute approximate surface area is 279 Å². The van der Waals surface area contributed by atoms with Crippen molar-refractivity contribution in [2.45, 2.75) is 26.2 Å². The van der Waals surface area contributed by atoms with Crippen molar-refractivity contribution in [1.82, 2.24) is 34.4 Å². The number of benzene rings is 2. The number of likely N-dealkylation sites (N-methyl/N-ethyl adjacent to an activating group) is 1. The third-order valence-corrected chi connectivity index (χ3v) is 9.05. The van der Waals surface area contributed by atoms with Crippen LogP contribution in [0.25, 0.3) is 39.5 Å². The van der Waals surface area contributed by atoms with E-state index in [2.05, 4.69) is 91.0 Å². The highest BCUT2D eigenvalue weighted by molar-refractivity contribution is 5.91. The van der Waals surface area contributed by atoms with Crippen LogP contribution in [0.15, 0.2) is 85.3 Å². The van der Waals surface area contributed by atoms with Crippen LogP contribution in [0.1, 0.15) is 33.7 Å². The smallest absolute Gasteiger partial charge is 0.269 e. The predicted octanol–water partition coefficient (Wildman–Crippen LogP) is 4.86. The summed E-state index contributed by atoms with van der Waals surface area (Å²) in [5.74, 6) is 0.690. The van der Waals surface area contributed by atoms with Crippen molar-refractivity contribution >= 4 is 28.6 Å². The largest absolute Gasteiger partial charge is 0.383 e. The molecule has 1 amide bonds. The van der Waals surface area contributed by atoms with Crippen LogP contribution in [0.5, 0.6) is 0 Å². The van der Waals surface area contributed by atoms with Gasteiger partial charge in [-0.3, -0.25) is 14.3 Å². The number of anilines is 2. The number of nitrogens with zero attached hydrogens (tertiary/aromatic N) is 8. The predicted molar refractivity (Wildman–Crippen MR) is 189 cm³/mol. The van der Waals surface area contributed by atoms with Gasteiger partial charge in [0.25, 0.3) is 5.91 Å². The minimum Gasteiger partial charge on any atom is -0.383 e. The molecule has 11 heteroatoms. The highest BCUT2D eigenvalue weighted by Crippen LogP contribution is 2.34. The number of nitrogens with two attached hydrogens (primary N) is 2. The number of carbonyl (C=O) groups excluding carboxylic acids is 1. The maximum atomic E-state index is 10.5. The molecular formula is C37H38N10O. The van der Waals surface area contributed by atoms with Crippen LogP contribution in [-0.2, 0) is 12.8 Å². The summed E-state index contributed by atoms with van der Waals surface area (Å²) in [6.45, 7) is 5.91. The summed E-state index contributed by atoms with van der Waals surface area (Å²) in [4.78, 5) is 37.5. The topological polar surface area (TPSA) is 145 Å². The molecule has 1 aliphatic heterocycles. The van der Waals surface area contributed by atoms with Gasteiger partial charge in [-0.2, -0.15) is 0 Å². The Balaban J connectivity index is 0.000000315. The lowest BCUT2D eigenvalue weighted by Gasteiger charge is -2.34. The van der Waals surface area contributed by atoms with E-state index in [4.69, 9.17) is 21.4 Å². The quantitative estimate of drug-likeness (QED) is 0.271. The number of carbonyl (C=O) groups is 1. The molecule has 1 saturated heterocycles. The van der Waals surface area contributed by atoms with E-state index >= 15 is 0 Å². The lowest BCUT2D eigenvalue weighted by Crippen LogP contribution is -2.44. The molecule has 0 unspecified atom stereocenters. The molecule has 6 aromatic rings. The molecule has 4 N–H and O–H groups in total. The maximum Gasteiger partial charge on any atom is 0.269 e. The van der Waals surface area contributed by atoms with Crippen LogP contribution in [0.4, 0.5) is 11.5 Å². The Morgan fingerprint density at radius 2 is 1.60 bits per heavy atom. The molecule has 11 nitrogen and oxygen atoms in total. The summed E-state index contributed by atoms with van der Waals surface area (Å²) in [6.07, 6.45) is 8.13. The number of aromatic nitrogens is 6. The van der Waals surface area contributed by atoms with Crippen molar-refractivity contribution in [2.24, 2.45) is 5.73 Å². The van der Waals surface area contributed by atoms with Gasteiger partial charge < -0.3 is 21.3 Å². The monoisotopic (exact) mass is 638 g/mol. The summed E-state index contributed by atoms with van der Waals surface area (Å²) in [7, 11) is 2.18. The van der Waals surface area contributed by atoms with E-state index < -0.39 is 5.91 Å². The molecule has 0 bridgehead atoms. The average molecular weight is 639 g/mol. The highest BCUT2D eigenvalue weighted by Gasteiger charge is 2.21. The van der Waals surface area contributed by atoms with Gasteiger partial charge in [0.1, 0.15) is 17.0 Å². The van der Waals surface area contributed by atoms with Crippen molar-refractivity contribution in [3.8, 4) is 28.3 Å². The van der Waals surface area contributed by atoms with Crippen LogP contribution >= 0.6 is 0 Å². The zero-order chi connectivity index (χ0) is 33.2. The maximum absolute atomic E-state index is 10.5. The van der Waals surface area contributed by atoms with E-state index in [0.717, 1.165) is 78.5 Å². The lowest BCUT2D eigenvalue weighted by molar-refractivity contribution is 0.0994. The molecule has 0 radical (unpaired) electrons. The van der Waals surface area contributed by atoms with E-state index in [0.29, 0.717) is 11.5 Å². The summed E-state index contributed by atoms with van der Waals surface area (Å²) in [6, 6.07) is 23.5. The fourth-order valence-corrected chi connectivity index (χ4v) is 6.42. The number of aryl methyl sites for hydroxylation is 3. The molecule has 4 aromatic heterocycles. The van der Waals surface area contributed by atoms with Gasteiger partial charge in [0.05, 0.1) is 17.0 Å². The van der Waals surface area contributed by atoms with Gasteiger partial charge in [-0.15, -0.1) is 0 Å². The number of piperazine rings is 1. The molecule has 2 aromatic carbocycles. The fourth-order valence-electron chi connectivity index (χ4n) is 6.42. The first-order valence-corrected chi connectivity index (χ1v) is 16.2. The second-order valence-electron chi connectivity index (χ2n) is 12.2. The summed E-state index contributed by atoms with van der Waals surface area (Å²) in [5, 5.41) is 0. The standard InChI is InChI=1S/C31H31N7.C6H7N3O/c1-36-15-17-37(18-16-36)24-8-3-7-23(20-24)27-12-13-28-31(34-27)38(25-11-10-21-5-2-6-22(21)19-25)30(35-28)26-9-4-14-33-29(26)32;1-4-5(6(7)10)9-3-2-8-4/h3-4,7-14,19-20H,2,5-6,15-18H2,1H3,(H2,32,33);2-3H,1H3,(H2,7,10). The summed E-state index contributed by atoms with van der Waals surface area (Å²) >= 11 is 0. The molecule has 1 aliphatic carbocycles. The fraction of sp³-hybridized carbons (Fsp3) is 0.243. The number of imidazole rings is 1. The Morgan fingerprint density at radius 3 is 2.38 bits per heavy atom. The van der Waals surface area contributed by atoms with Crippen molar-refractivity contribution < 1.29 is 4.79 Å². The number of rotatable bonds is 5. The van der Waals surface area contributed by atoms with E-state index in [-0.39, 0.29) is 5.69 Å². The highest BCUT2D eigenvalue weighted by atomic mass is 16.1. The first kappa shape index (κ1) is 30.9. The average Bonchev–Trinajstić information content (AvgIpc) is 3.73. The van der Waals surface area contributed by atoms with Crippen LogP contribution in [0.2, 0.25) is 0 Å². The molecule has 1 fully saturated rings. The SMILES string of the molecule is CN1CCN(c2cccc(-c3ccc4nc(-c5cccnc5N)n(-c5ccc6c(c5)CCC6)c4n3)c2)CC1.Cc1nccnc1C(N)=O. The normalized spacial score (nSPS) is 14.4. The first-order chi connectivity index (χ1) is 23.4. The third-order valence-electron chi connectivity index (χ3n) is 9.05. The van der Waals surface area contributed by atoms with Gasteiger partial charge in [-0.05, 0) is 92.9 Å². The van der Waals surface area contributed by atoms with E-state index in [1.165, 1.54) is 35.6 Å². The van der Waals surface area contributed by atoms with E-state index in [1.54, 1.807) is 13.1 Å². The zero-order valence-corrected chi connectivity index (χ0v) is 27.2. The number of nitrogen functional groups attached to an aromatic ring is 1. The number of fused-ring (bicyclic) bond motifs is 2. The number of hydrogen-bond acceptors (Lipinski definition) is 9. The van der Waals surface area contributed by atoms with Crippen molar-refractivity contribution in [1.29, 1.82) is 0 Å². The zero-order valence-electron chi connectivity index (χ0n) is 27.2. The van der Waals surface area contributed by atoms with Gasteiger partial charge in [0, 0.05) is 61.7 Å². The molecule has 2 aliphatic rings. The Kier molecular flexibility index (Phi) is 8.51.